The van der Waals surface area contributed by atoms with Crippen LogP contribution in [0.1, 0.15) is 0 Å². The van der Waals surface area contributed by atoms with Crippen molar-refractivity contribution in [1.82, 2.24) is 9.97 Å². The number of nitrogens with one attached hydrogen (secondary N) is 1. The summed E-state index contributed by atoms with van der Waals surface area (Å²) in [5, 5.41) is 9.30. The van der Waals surface area contributed by atoms with Gasteiger partial charge in [-0.1, -0.05) is 0 Å². The summed E-state index contributed by atoms with van der Waals surface area (Å²) in [6.45, 7) is 0. The average molecular weight is 248 g/mol. The number of hydrogen-bond acceptors (Lipinski definition) is 5. The van der Waals surface area contributed by atoms with Crippen molar-refractivity contribution in [2.24, 2.45) is 0 Å². The zero-order valence-electron chi connectivity index (χ0n) is 9.93. The monoisotopic (exact) mass is 248 g/mol. The van der Waals surface area contributed by atoms with Crippen molar-refractivity contribution in [3.63, 3.8) is 0 Å². The molecule has 6 heteroatoms. The molecule has 0 aliphatic heterocycles. The minimum absolute atomic E-state index is 0.265. The molecular weight excluding hydrogens is 236 g/mol. The maximum atomic E-state index is 11.3. The summed E-state index contributed by atoms with van der Waals surface area (Å²) in [6.07, 6.45) is 0. The highest BCUT2D eigenvalue weighted by atomic mass is 16.5. The molecule has 1 aromatic carbocycles. The molecule has 18 heavy (non-hydrogen) atoms. The number of aromatic nitrogens is 2. The van der Waals surface area contributed by atoms with Gasteiger partial charge in [0.15, 0.2) is 11.5 Å². The van der Waals surface area contributed by atoms with Crippen molar-refractivity contribution in [1.29, 1.82) is 0 Å². The molecule has 0 fully saturated rings. The smallest absolute Gasteiger partial charge is 0.254 e. The predicted molar refractivity (Wildman–Crippen MR) is 65.1 cm³/mol. The maximum Gasteiger partial charge on any atom is 0.254 e. The number of aromatic amines is 1. The topological polar surface area (TPSA) is 84.4 Å². The summed E-state index contributed by atoms with van der Waals surface area (Å²) in [5.74, 6) is 1.02. The van der Waals surface area contributed by atoms with Crippen molar-refractivity contribution in [2.75, 3.05) is 14.2 Å². The molecule has 1 heterocycles. The lowest BCUT2D eigenvalue weighted by Gasteiger charge is -2.09. The second kappa shape index (κ2) is 4.79. The highest BCUT2D eigenvalue weighted by Gasteiger charge is 2.08. The van der Waals surface area contributed by atoms with Crippen LogP contribution in [0.15, 0.2) is 29.1 Å². The second-order valence-electron chi connectivity index (χ2n) is 3.52. The van der Waals surface area contributed by atoms with Crippen LogP contribution in [0.5, 0.6) is 17.4 Å². The molecular formula is C12H12N2O4. The van der Waals surface area contributed by atoms with Gasteiger partial charge in [0.25, 0.3) is 5.56 Å². The molecule has 2 rings (SSSR count). The van der Waals surface area contributed by atoms with E-state index < -0.39 is 5.56 Å². The van der Waals surface area contributed by atoms with E-state index in [1.165, 1.54) is 14.2 Å². The van der Waals surface area contributed by atoms with E-state index in [0.717, 1.165) is 6.07 Å². The van der Waals surface area contributed by atoms with Gasteiger partial charge in [-0.3, -0.25) is 4.79 Å². The third-order valence-electron chi connectivity index (χ3n) is 2.39. The van der Waals surface area contributed by atoms with Crippen LogP contribution in [0.4, 0.5) is 0 Å². The Hall–Kier alpha value is -2.50. The zero-order chi connectivity index (χ0) is 13.1. The van der Waals surface area contributed by atoms with Gasteiger partial charge in [-0.25, -0.2) is 0 Å². The molecule has 0 spiro atoms. The molecule has 0 saturated heterocycles. The number of benzene rings is 1. The molecule has 0 atom stereocenters. The minimum Gasteiger partial charge on any atom is -0.493 e. The molecule has 2 N–H and O–H groups in total. The Morgan fingerprint density at radius 3 is 2.50 bits per heavy atom. The third kappa shape index (κ3) is 2.27. The van der Waals surface area contributed by atoms with E-state index in [0.29, 0.717) is 17.1 Å². The fraction of sp³-hybridized carbons (Fsp3) is 0.167. The predicted octanol–water partition coefficient (Wildman–Crippen LogP) is 1.16. The highest BCUT2D eigenvalue weighted by Crippen LogP contribution is 2.30. The molecule has 0 unspecified atom stereocenters. The van der Waals surface area contributed by atoms with E-state index >= 15 is 0 Å². The van der Waals surface area contributed by atoms with E-state index in [9.17, 15) is 9.90 Å². The van der Waals surface area contributed by atoms with Crippen molar-refractivity contribution in [2.45, 2.75) is 0 Å². The van der Waals surface area contributed by atoms with E-state index in [4.69, 9.17) is 9.47 Å². The fourth-order valence-corrected chi connectivity index (χ4v) is 1.57. The van der Waals surface area contributed by atoms with Gasteiger partial charge in [0.1, 0.15) is 5.82 Å². The van der Waals surface area contributed by atoms with E-state index in [1.54, 1.807) is 18.2 Å². The van der Waals surface area contributed by atoms with Gasteiger partial charge < -0.3 is 19.6 Å². The normalized spacial score (nSPS) is 10.1. The summed E-state index contributed by atoms with van der Waals surface area (Å²) in [5.41, 5.74) is 0.188. The largest absolute Gasteiger partial charge is 0.493 e. The molecule has 0 saturated carbocycles. The molecule has 0 aliphatic carbocycles. The summed E-state index contributed by atoms with van der Waals surface area (Å²) >= 11 is 0. The summed E-state index contributed by atoms with van der Waals surface area (Å²) < 4.78 is 10.3. The standard InChI is InChI=1S/C12H12N2O4/c1-17-8-4-3-7(5-9(8)18-2)12-13-10(15)6-11(16)14-12/h3-6H,1-2H3,(H2,13,14,15,16). The van der Waals surface area contributed by atoms with Crippen LogP contribution in [0, 0.1) is 0 Å². The summed E-state index contributed by atoms with van der Waals surface area (Å²) in [6, 6.07) is 6.07. The minimum atomic E-state index is -0.424. The average Bonchev–Trinajstić information content (AvgIpc) is 2.36. The van der Waals surface area contributed by atoms with Crippen LogP contribution < -0.4 is 15.0 Å². The third-order valence-corrected chi connectivity index (χ3v) is 2.39. The molecule has 0 amide bonds. The number of rotatable bonds is 3. The number of hydrogen-bond donors (Lipinski definition) is 2. The highest BCUT2D eigenvalue weighted by molar-refractivity contribution is 5.61. The molecule has 94 valence electrons. The zero-order valence-corrected chi connectivity index (χ0v) is 9.93. The molecule has 0 aliphatic rings. The summed E-state index contributed by atoms with van der Waals surface area (Å²) in [7, 11) is 3.05. The Morgan fingerprint density at radius 1 is 1.17 bits per heavy atom. The van der Waals surface area contributed by atoms with Gasteiger partial charge in [0, 0.05) is 5.56 Å². The number of H-pyrrole nitrogens is 1. The number of nitrogens with zero attached hydrogens (tertiary/aromatic N) is 1. The van der Waals surface area contributed by atoms with Crippen molar-refractivity contribution >= 4 is 0 Å². The Balaban J connectivity index is 2.54. The molecule has 1 aromatic heterocycles. The van der Waals surface area contributed by atoms with Gasteiger partial charge in [0.2, 0.25) is 5.88 Å². The molecule has 0 bridgehead atoms. The van der Waals surface area contributed by atoms with Crippen LogP contribution in [-0.2, 0) is 0 Å². The Bertz CT molecular complexity index is 622. The van der Waals surface area contributed by atoms with Crippen molar-refractivity contribution in [3.05, 3.63) is 34.6 Å². The van der Waals surface area contributed by atoms with E-state index in [2.05, 4.69) is 9.97 Å². The first-order valence-electron chi connectivity index (χ1n) is 5.17. The first-order valence-corrected chi connectivity index (χ1v) is 5.17. The van der Waals surface area contributed by atoms with Crippen LogP contribution in [0.3, 0.4) is 0 Å². The van der Waals surface area contributed by atoms with Crippen molar-refractivity contribution < 1.29 is 14.6 Å². The fourth-order valence-electron chi connectivity index (χ4n) is 1.57. The molecule has 6 nitrogen and oxygen atoms in total. The number of aromatic hydroxyl groups is 1. The van der Waals surface area contributed by atoms with Crippen LogP contribution >= 0.6 is 0 Å². The lowest BCUT2D eigenvalue weighted by molar-refractivity contribution is 0.355. The van der Waals surface area contributed by atoms with Gasteiger partial charge in [-0.05, 0) is 18.2 Å². The molecule has 2 aromatic rings. The maximum absolute atomic E-state index is 11.3. The van der Waals surface area contributed by atoms with Gasteiger partial charge in [-0.2, -0.15) is 4.98 Å². The number of ether oxygens (including phenoxy) is 2. The van der Waals surface area contributed by atoms with Crippen LogP contribution in [0.25, 0.3) is 11.4 Å². The lowest BCUT2D eigenvalue weighted by atomic mass is 10.2. The van der Waals surface area contributed by atoms with E-state index in [-0.39, 0.29) is 11.7 Å². The van der Waals surface area contributed by atoms with Gasteiger partial charge in [-0.15, -0.1) is 0 Å². The second-order valence-corrected chi connectivity index (χ2v) is 3.52. The van der Waals surface area contributed by atoms with E-state index in [1.807, 2.05) is 0 Å². The van der Waals surface area contributed by atoms with Gasteiger partial charge >= 0.3 is 0 Å². The SMILES string of the molecule is COc1ccc(-c2nc(O)cc(=O)[nH]2)cc1OC. The Labute approximate surface area is 103 Å². The Morgan fingerprint density at radius 2 is 1.89 bits per heavy atom. The summed E-state index contributed by atoms with van der Waals surface area (Å²) in [4.78, 5) is 17.6. The number of methoxy groups -OCH3 is 2. The Kier molecular flexibility index (Phi) is 3.18. The molecule has 0 radical (unpaired) electrons. The first-order chi connectivity index (χ1) is 8.63. The lowest BCUT2D eigenvalue weighted by Crippen LogP contribution is -2.06. The quantitative estimate of drug-likeness (QED) is 0.851. The first kappa shape index (κ1) is 12.0. The van der Waals surface area contributed by atoms with Crippen LogP contribution in [0.2, 0.25) is 0 Å². The van der Waals surface area contributed by atoms with Gasteiger partial charge in [0.05, 0.1) is 20.3 Å². The van der Waals surface area contributed by atoms with Crippen LogP contribution in [-0.4, -0.2) is 29.3 Å². The van der Waals surface area contributed by atoms with Crippen molar-refractivity contribution in [3.8, 4) is 28.8 Å².